The van der Waals surface area contributed by atoms with E-state index in [-0.39, 0.29) is 11.8 Å². The van der Waals surface area contributed by atoms with Crippen LogP contribution in [0.3, 0.4) is 0 Å². The molecule has 0 saturated heterocycles. The van der Waals surface area contributed by atoms with Crippen molar-refractivity contribution in [3.05, 3.63) is 99.7 Å². The van der Waals surface area contributed by atoms with Gasteiger partial charge >= 0.3 is 0 Å². The Morgan fingerprint density at radius 2 is 1.88 bits per heavy atom. The van der Waals surface area contributed by atoms with Crippen molar-refractivity contribution in [2.45, 2.75) is 13.5 Å². The van der Waals surface area contributed by atoms with Crippen LogP contribution >= 0.6 is 23.2 Å². The average Bonchev–Trinajstić information content (AvgIpc) is 3.39. The van der Waals surface area contributed by atoms with E-state index >= 15 is 0 Å². The summed E-state index contributed by atoms with van der Waals surface area (Å²) in [5.74, 6) is -0.334. The lowest BCUT2D eigenvalue weighted by Gasteiger charge is -2.08. The fourth-order valence-electron chi connectivity index (χ4n) is 3.61. The maximum atomic E-state index is 13.4. The smallest absolute Gasteiger partial charge is 0.289 e. The van der Waals surface area contributed by atoms with Gasteiger partial charge in [0.2, 0.25) is 5.89 Å². The number of fused-ring (bicyclic) bond motifs is 1. The lowest BCUT2D eigenvalue weighted by Crippen LogP contribution is -2.04. The van der Waals surface area contributed by atoms with Crippen LogP contribution < -0.4 is 0 Å². The SMILES string of the molecule is Cc1ccc2c(c1)c(C(=O)c1nnc(-c3cccnc3)o1)c(Cl)n2Cc1ccc(Cl)cc1. The highest BCUT2D eigenvalue weighted by Gasteiger charge is 2.27. The number of aryl methyl sites for hydroxylation is 1. The molecule has 0 aliphatic rings. The maximum Gasteiger partial charge on any atom is 0.289 e. The second kappa shape index (κ2) is 8.22. The summed E-state index contributed by atoms with van der Waals surface area (Å²) >= 11 is 12.8. The molecule has 0 radical (unpaired) electrons. The molecule has 0 aliphatic carbocycles. The Morgan fingerprint density at radius 3 is 2.62 bits per heavy atom. The number of rotatable bonds is 5. The van der Waals surface area contributed by atoms with Crippen LogP contribution in [0.1, 0.15) is 27.4 Å². The van der Waals surface area contributed by atoms with Crippen molar-refractivity contribution < 1.29 is 9.21 Å². The Balaban J connectivity index is 1.60. The summed E-state index contributed by atoms with van der Waals surface area (Å²) in [5.41, 5.74) is 3.82. The van der Waals surface area contributed by atoms with E-state index < -0.39 is 5.78 Å². The van der Waals surface area contributed by atoms with E-state index in [4.69, 9.17) is 27.6 Å². The average molecular weight is 463 g/mol. The Morgan fingerprint density at radius 1 is 1.06 bits per heavy atom. The largest absolute Gasteiger partial charge is 0.413 e. The predicted molar refractivity (Wildman–Crippen MR) is 123 cm³/mol. The van der Waals surface area contributed by atoms with Crippen LogP contribution in [0.4, 0.5) is 0 Å². The molecule has 0 fully saturated rings. The number of pyridine rings is 1. The summed E-state index contributed by atoms with van der Waals surface area (Å²) in [5, 5.41) is 9.67. The summed E-state index contributed by atoms with van der Waals surface area (Å²) in [6.45, 7) is 2.44. The highest BCUT2D eigenvalue weighted by Crippen LogP contribution is 2.33. The molecule has 0 aliphatic heterocycles. The van der Waals surface area contributed by atoms with E-state index in [1.165, 1.54) is 0 Å². The fourth-order valence-corrected chi connectivity index (χ4v) is 4.07. The zero-order chi connectivity index (χ0) is 22.2. The standard InChI is InChI=1S/C24H16Cl2N4O2/c1-14-4-9-19-18(11-14)20(22(26)30(19)13-15-5-7-17(25)8-6-15)21(31)24-29-28-23(32-24)16-3-2-10-27-12-16/h2-12H,13H2,1H3. The van der Waals surface area contributed by atoms with Crippen LogP contribution in [0.15, 0.2) is 71.4 Å². The van der Waals surface area contributed by atoms with Gasteiger partial charge in [-0.15, -0.1) is 10.2 Å². The van der Waals surface area contributed by atoms with Crippen molar-refractivity contribution in [2.24, 2.45) is 0 Å². The Hall–Kier alpha value is -3.48. The molecule has 0 bridgehead atoms. The molecule has 158 valence electrons. The number of carbonyl (C=O) groups excluding carboxylic acids is 1. The van der Waals surface area contributed by atoms with E-state index in [1.807, 2.05) is 54.0 Å². The lowest BCUT2D eigenvalue weighted by atomic mass is 10.1. The topological polar surface area (TPSA) is 73.8 Å². The summed E-state index contributed by atoms with van der Waals surface area (Å²) in [7, 11) is 0. The normalized spacial score (nSPS) is 11.2. The van der Waals surface area contributed by atoms with Gasteiger partial charge in [0.25, 0.3) is 11.7 Å². The number of nitrogens with zero attached hydrogens (tertiary/aromatic N) is 4. The van der Waals surface area contributed by atoms with Gasteiger partial charge < -0.3 is 8.98 Å². The molecular formula is C24H16Cl2N4O2. The molecule has 3 heterocycles. The van der Waals surface area contributed by atoms with Crippen LogP contribution in [0.2, 0.25) is 10.2 Å². The van der Waals surface area contributed by atoms with E-state index in [1.54, 1.807) is 24.5 Å². The minimum atomic E-state index is -0.428. The van der Waals surface area contributed by atoms with Gasteiger partial charge in [0, 0.05) is 29.3 Å². The molecule has 0 spiro atoms. The molecule has 2 aromatic carbocycles. The summed E-state index contributed by atoms with van der Waals surface area (Å²) in [6.07, 6.45) is 3.24. The van der Waals surface area contributed by atoms with E-state index in [2.05, 4.69) is 15.2 Å². The lowest BCUT2D eigenvalue weighted by molar-refractivity contribution is 0.100. The molecule has 0 unspecified atom stereocenters. The molecule has 6 nitrogen and oxygen atoms in total. The maximum absolute atomic E-state index is 13.4. The van der Waals surface area contributed by atoms with Gasteiger partial charge in [-0.1, -0.05) is 47.0 Å². The van der Waals surface area contributed by atoms with Crippen LogP contribution in [-0.4, -0.2) is 25.5 Å². The zero-order valence-electron chi connectivity index (χ0n) is 16.9. The number of halogens is 2. The first kappa shape index (κ1) is 20.4. The van der Waals surface area contributed by atoms with Crippen molar-refractivity contribution in [3.63, 3.8) is 0 Å². The molecule has 3 aromatic heterocycles. The second-order valence-electron chi connectivity index (χ2n) is 7.38. The number of hydrogen-bond acceptors (Lipinski definition) is 5. The van der Waals surface area contributed by atoms with Gasteiger partial charge in [-0.05, 0) is 48.9 Å². The Bertz CT molecular complexity index is 1440. The van der Waals surface area contributed by atoms with E-state index in [0.717, 1.165) is 22.0 Å². The van der Waals surface area contributed by atoms with Crippen molar-refractivity contribution in [1.29, 1.82) is 0 Å². The third-order valence-corrected chi connectivity index (χ3v) is 5.81. The highest BCUT2D eigenvalue weighted by atomic mass is 35.5. The van der Waals surface area contributed by atoms with Crippen molar-refractivity contribution in [2.75, 3.05) is 0 Å². The number of benzene rings is 2. The molecule has 32 heavy (non-hydrogen) atoms. The number of aromatic nitrogens is 4. The Kier molecular flexibility index (Phi) is 5.25. The summed E-state index contributed by atoms with van der Waals surface area (Å²) in [4.78, 5) is 17.5. The first-order valence-electron chi connectivity index (χ1n) is 9.82. The summed E-state index contributed by atoms with van der Waals surface area (Å²) < 4.78 is 7.56. The Labute approximate surface area is 193 Å². The molecule has 5 aromatic rings. The predicted octanol–water partition coefficient (Wildman–Crippen LogP) is 5.98. The summed E-state index contributed by atoms with van der Waals surface area (Å²) in [6, 6.07) is 16.9. The van der Waals surface area contributed by atoms with Gasteiger partial charge in [-0.25, -0.2) is 0 Å². The minimum absolute atomic E-state index is 0.127. The van der Waals surface area contributed by atoms with E-state index in [0.29, 0.717) is 27.8 Å². The highest BCUT2D eigenvalue weighted by molar-refractivity contribution is 6.36. The monoisotopic (exact) mass is 462 g/mol. The third kappa shape index (κ3) is 3.68. The molecule has 0 atom stereocenters. The third-order valence-electron chi connectivity index (χ3n) is 5.16. The minimum Gasteiger partial charge on any atom is -0.413 e. The fraction of sp³-hybridized carbons (Fsp3) is 0.0833. The molecule has 0 N–H and O–H groups in total. The van der Waals surface area contributed by atoms with Gasteiger partial charge in [-0.2, -0.15) is 0 Å². The number of hydrogen-bond donors (Lipinski definition) is 0. The van der Waals surface area contributed by atoms with Crippen LogP contribution in [0.25, 0.3) is 22.4 Å². The van der Waals surface area contributed by atoms with Crippen LogP contribution in [0, 0.1) is 6.92 Å². The molecule has 8 heteroatoms. The number of ketones is 1. The van der Waals surface area contributed by atoms with Gasteiger partial charge in [0.1, 0.15) is 5.15 Å². The van der Waals surface area contributed by atoms with Gasteiger partial charge in [-0.3, -0.25) is 9.78 Å². The van der Waals surface area contributed by atoms with Gasteiger partial charge in [0.05, 0.1) is 16.6 Å². The van der Waals surface area contributed by atoms with Crippen molar-refractivity contribution >= 4 is 39.9 Å². The van der Waals surface area contributed by atoms with Crippen molar-refractivity contribution in [3.8, 4) is 11.5 Å². The van der Waals surface area contributed by atoms with Crippen LogP contribution in [0.5, 0.6) is 0 Å². The molecular weight excluding hydrogens is 447 g/mol. The number of carbonyl (C=O) groups is 1. The first-order chi connectivity index (χ1) is 15.5. The zero-order valence-corrected chi connectivity index (χ0v) is 18.4. The quantitative estimate of drug-likeness (QED) is 0.300. The van der Waals surface area contributed by atoms with Gasteiger partial charge in [0.15, 0.2) is 0 Å². The first-order valence-corrected chi connectivity index (χ1v) is 10.6. The molecule has 0 amide bonds. The second-order valence-corrected chi connectivity index (χ2v) is 8.18. The van der Waals surface area contributed by atoms with Crippen molar-refractivity contribution in [1.82, 2.24) is 19.7 Å². The molecule has 5 rings (SSSR count). The molecule has 0 saturated carbocycles. The van der Waals surface area contributed by atoms with Crippen LogP contribution in [-0.2, 0) is 6.54 Å². The van der Waals surface area contributed by atoms with E-state index in [9.17, 15) is 4.79 Å².